The van der Waals surface area contributed by atoms with Crippen molar-refractivity contribution in [2.45, 2.75) is 0 Å². The van der Waals surface area contributed by atoms with E-state index in [0.717, 1.165) is 58.1 Å². The minimum Gasteiger partial charge on any atom is -0.378 e. The highest BCUT2D eigenvalue weighted by Gasteiger charge is 2.16. The Morgan fingerprint density at radius 2 is 1.50 bits per heavy atom. The third kappa shape index (κ3) is 2.62. The van der Waals surface area contributed by atoms with Crippen molar-refractivity contribution in [3.8, 4) is 0 Å². The molecule has 5 heteroatoms. The van der Waals surface area contributed by atoms with Crippen LogP contribution in [0, 0.1) is 0 Å². The maximum atomic E-state index is 5.47. The predicted molar refractivity (Wildman–Crippen MR) is 87.8 cm³/mol. The fourth-order valence-electron chi connectivity index (χ4n) is 3.22. The van der Waals surface area contributed by atoms with Gasteiger partial charge in [-0.25, -0.2) is 0 Å². The zero-order valence-corrected chi connectivity index (χ0v) is 12.7. The van der Waals surface area contributed by atoms with Gasteiger partial charge in [0.05, 0.1) is 31.9 Å². The topological polar surface area (TPSA) is 37.8 Å². The highest BCUT2D eigenvalue weighted by atomic mass is 16.5. The van der Waals surface area contributed by atoms with Gasteiger partial charge in [0.25, 0.3) is 0 Å². The summed E-state index contributed by atoms with van der Waals surface area (Å²) >= 11 is 0. The van der Waals surface area contributed by atoms with Crippen molar-refractivity contribution in [1.82, 2.24) is 4.98 Å². The Labute approximate surface area is 130 Å². The van der Waals surface area contributed by atoms with Crippen LogP contribution in [0.1, 0.15) is 0 Å². The number of fused-ring (bicyclic) bond motifs is 1. The molecule has 0 bridgehead atoms. The molecular weight excluding hydrogens is 278 g/mol. The molecular formula is C17H21N3O2. The van der Waals surface area contributed by atoms with Crippen LogP contribution in [0.4, 0.5) is 11.4 Å². The lowest BCUT2D eigenvalue weighted by Gasteiger charge is -2.31. The maximum absolute atomic E-state index is 5.47. The number of hydrogen-bond donors (Lipinski definition) is 0. The van der Waals surface area contributed by atoms with E-state index in [1.165, 1.54) is 16.8 Å². The average Bonchev–Trinajstić information content (AvgIpc) is 2.62. The number of anilines is 2. The zero-order valence-electron chi connectivity index (χ0n) is 12.7. The molecule has 0 aliphatic carbocycles. The predicted octanol–water partition coefficient (Wildman–Crippen LogP) is 1.91. The standard InChI is InChI=1S/C17H21N3O2/c1-2-16-15(13-14(1)19-5-9-21-10-6-19)17(3-4-18-16)20-7-11-22-12-8-20/h1-4,13H,5-12H2. The number of rotatable bonds is 2. The summed E-state index contributed by atoms with van der Waals surface area (Å²) in [5, 5.41) is 1.23. The molecule has 1 aromatic carbocycles. The number of hydrogen-bond acceptors (Lipinski definition) is 5. The molecule has 2 aliphatic rings. The first-order valence-corrected chi connectivity index (χ1v) is 7.96. The van der Waals surface area contributed by atoms with Gasteiger partial charge in [-0.15, -0.1) is 0 Å². The molecule has 1 aromatic heterocycles. The monoisotopic (exact) mass is 299 g/mol. The summed E-state index contributed by atoms with van der Waals surface area (Å²) in [5.74, 6) is 0. The highest BCUT2D eigenvalue weighted by molar-refractivity contribution is 5.94. The lowest BCUT2D eigenvalue weighted by molar-refractivity contribution is 0.122. The molecule has 0 radical (unpaired) electrons. The first kappa shape index (κ1) is 13.8. The van der Waals surface area contributed by atoms with E-state index in [2.05, 4.69) is 39.0 Å². The third-order valence-corrected chi connectivity index (χ3v) is 4.43. The molecule has 116 valence electrons. The van der Waals surface area contributed by atoms with Crippen molar-refractivity contribution in [2.75, 3.05) is 62.4 Å². The van der Waals surface area contributed by atoms with Crippen LogP contribution in [-0.4, -0.2) is 57.6 Å². The van der Waals surface area contributed by atoms with Crippen LogP contribution >= 0.6 is 0 Å². The Balaban J connectivity index is 1.72. The molecule has 0 amide bonds. The van der Waals surface area contributed by atoms with Crippen LogP contribution in [0.5, 0.6) is 0 Å². The van der Waals surface area contributed by atoms with E-state index in [4.69, 9.17) is 9.47 Å². The summed E-state index contributed by atoms with van der Waals surface area (Å²) in [6, 6.07) is 8.70. The molecule has 2 saturated heterocycles. The van der Waals surface area contributed by atoms with Crippen LogP contribution in [0.3, 0.4) is 0 Å². The van der Waals surface area contributed by atoms with Crippen LogP contribution < -0.4 is 9.80 Å². The Hall–Kier alpha value is -1.85. The normalized spacial score (nSPS) is 19.6. The molecule has 2 fully saturated rings. The van der Waals surface area contributed by atoms with E-state index in [0.29, 0.717) is 0 Å². The Morgan fingerprint density at radius 1 is 0.818 bits per heavy atom. The second kappa shape index (κ2) is 6.10. The van der Waals surface area contributed by atoms with Crippen molar-refractivity contribution in [2.24, 2.45) is 0 Å². The van der Waals surface area contributed by atoms with Gasteiger partial charge >= 0.3 is 0 Å². The van der Waals surface area contributed by atoms with Gasteiger partial charge in [-0.1, -0.05) is 0 Å². The van der Waals surface area contributed by atoms with E-state index in [-0.39, 0.29) is 0 Å². The van der Waals surface area contributed by atoms with E-state index in [1.54, 1.807) is 0 Å². The Morgan fingerprint density at radius 3 is 2.23 bits per heavy atom. The fourth-order valence-corrected chi connectivity index (χ4v) is 3.22. The van der Waals surface area contributed by atoms with Gasteiger partial charge in [-0.2, -0.15) is 0 Å². The number of aromatic nitrogens is 1. The van der Waals surface area contributed by atoms with Crippen LogP contribution in [0.2, 0.25) is 0 Å². The van der Waals surface area contributed by atoms with Crippen molar-refractivity contribution in [3.05, 3.63) is 30.5 Å². The van der Waals surface area contributed by atoms with Crippen LogP contribution in [-0.2, 0) is 9.47 Å². The lowest BCUT2D eigenvalue weighted by atomic mass is 10.1. The van der Waals surface area contributed by atoms with E-state index in [1.807, 2.05) is 6.20 Å². The summed E-state index contributed by atoms with van der Waals surface area (Å²) < 4.78 is 10.9. The quantitative estimate of drug-likeness (QED) is 0.847. The molecule has 3 heterocycles. The molecule has 2 aromatic rings. The van der Waals surface area contributed by atoms with Crippen molar-refractivity contribution in [3.63, 3.8) is 0 Å². The van der Waals surface area contributed by atoms with Gasteiger partial charge in [0.1, 0.15) is 0 Å². The molecule has 22 heavy (non-hydrogen) atoms. The van der Waals surface area contributed by atoms with Crippen molar-refractivity contribution >= 4 is 22.3 Å². The molecule has 5 nitrogen and oxygen atoms in total. The van der Waals surface area contributed by atoms with Crippen molar-refractivity contribution < 1.29 is 9.47 Å². The average molecular weight is 299 g/mol. The zero-order chi connectivity index (χ0) is 14.8. The SMILES string of the molecule is c1cc(N2CCOCC2)c2cc(N3CCOCC3)ccc2n1. The third-order valence-electron chi connectivity index (χ3n) is 4.43. The summed E-state index contributed by atoms with van der Waals surface area (Å²) in [4.78, 5) is 9.31. The maximum Gasteiger partial charge on any atom is 0.0724 e. The first-order valence-electron chi connectivity index (χ1n) is 7.96. The van der Waals surface area contributed by atoms with Gasteiger partial charge in [-0.3, -0.25) is 4.98 Å². The van der Waals surface area contributed by atoms with Gasteiger partial charge in [0.15, 0.2) is 0 Å². The molecule has 2 aliphatic heterocycles. The molecule has 0 atom stereocenters. The number of morpholine rings is 2. The molecule has 0 unspecified atom stereocenters. The first-order chi connectivity index (χ1) is 10.9. The second-order valence-corrected chi connectivity index (χ2v) is 5.73. The minimum atomic E-state index is 0.799. The lowest BCUT2D eigenvalue weighted by Crippen LogP contribution is -2.37. The Bertz CT molecular complexity index is 649. The molecule has 0 N–H and O–H groups in total. The van der Waals surface area contributed by atoms with E-state index < -0.39 is 0 Å². The van der Waals surface area contributed by atoms with Gasteiger partial charge in [0.2, 0.25) is 0 Å². The highest BCUT2D eigenvalue weighted by Crippen LogP contribution is 2.30. The second-order valence-electron chi connectivity index (χ2n) is 5.73. The number of nitrogens with zero attached hydrogens (tertiary/aromatic N) is 3. The fraction of sp³-hybridized carbons (Fsp3) is 0.471. The van der Waals surface area contributed by atoms with Crippen LogP contribution in [0.25, 0.3) is 10.9 Å². The van der Waals surface area contributed by atoms with Gasteiger partial charge in [-0.05, 0) is 24.3 Å². The van der Waals surface area contributed by atoms with Gasteiger partial charge < -0.3 is 19.3 Å². The minimum absolute atomic E-state index is 0.799. The smallest absolute Gasteiger partial charge is 0.0724 e. The molecule has 4 rings (SSSR count). The largest absolute Gasteiger partial charge is 0.378 e. The van der Waals surface area contributed by atoms with Crippen LogP contribution in [0.15, 0.2) is 30.5 Å². The number of benzene rings is 1. The molecule has 0 spiro atoms. The van der Waals surface area contributed by atoms with E-state index in [9.17, 15) is 0 Å². The summed E-state index contributed by atoms with van der Waals surface area (Å²) in [6.45, 7) is 7.02. The summed E-state index contributed by atoms with van der Waals surface area (Å²) in [5.41, 5.74) is 3.59. The molecule has 0 saturated carbocycles. The summed E-state index contributed by atoms with van der Waals surface area (Å²) in [7, 11) is 0. The number of pyridine rings is 1. The Kier molecular flexibility index (Phi) is 3.83. The summed E-state index contributed by atoms with van der Waals surface area (Å²) in [6.07, 6.45) is 1.90. The van der Waals surface area contributed by atoms with Crippen molar-refractivity contribution in [1.29, 1.82) is 0 Å². The van der Waals surface area contributed by atoms with E-state index >= 15 is 0 Å². The number of ether oxygens (including phenoxy) is 2. The van der Waals surface area contributed by atoms with Gasteiger partial charge in [0, 0.05) is 49.1 Å².